The van der Waals surface area contributed by atoms with Gasteiger partial charge < -0.3 is 5.32 Å². The summed E-state index contributed by atoms with van der Waals surface area (Å²) in [6.45, 7) is 10.4. The standard InChI is InChI=1S/C19H31N7O.ClH/c1-13(2)25(14(3)4)9-10-26-18-16(11-22-26)17(20-12-21-18)24-19(27)23-15-7-5-6-8-15;/h11-15H,5-10H2,1-4H3,(H2,20,21,23,24,27);1H. The van der Waals surface area contributed by atoms with Crippen molar-refractivity contribution in [2.45, 2.75) is 78.0 Å². The number of nitrogens with zero attached hydrogens (tertiary/aromatic N) is 5. The van der Waals surface area contributed by atoms with Crippen LogP contribution in [0, 0.1) is 0 Å². The summed E-state index contributed by atoms with van der Waals surface area (Å²) in [6.07, 6.45) is 7.67. The number of urea groups is 1. The fourth-order valence-electron chi connectivity index (χ4n) is 3.88. The molecule has 2 aromatic heterocycles. The summed E-state index contributed by atoms with van der Waals surface area (Å²) in [5, 5.41) is 11.1. The average Bonchev–Trinajstić information content (AvgIpc) is 3.25. The number of fused-ring (bicyclic) bond motifs is 1. The third-order valence-corrected chi connectivity index (χ3v) is 5.25. The van der Waals surface area contributed by atoms with Crippen LogP contribution in [0.25, 0.3) is 11.0 Å². The molecule has 3 rings (SSSR count). The highest BCUT2D eigenvalue weighted by Crippen LogP contribution is 2.20. The number of carbonyl (C=O) groups is 1. The smallest absolute Gasteiger partial charge is 0.320 e. The van der Waals surface area contributed by atoms with Gasteiger partial charge in [-0.3, -0.25) is 10.2 Å². The number of aromatic nitrogens is 4. The van der Waals surface area contributed by atoms with Gasteiger partial charge in [-0.25, -0.2) is 19.4 Å². The zero-order valence-corrected chi connectivity index (χ0v) is 18.0. The summed E-state index contributed by atoms with van der Waals surface area (Å²) in [5.74, 6) is 0.506. The molecule has 0 bridgehead atoms. The van der Waals surface area contributed by atoms with E-state index in [0.29, 0.717) is 17.9 Å². The first-order valence-corrected chi connectivity index (χ1v) is 9.95. The van der Waals surface area contributed by atoms with Crippen LogP contribution < -0.4 is 10.6 Å². The molecule has 28 heavy (non-hydrogen) atoms. The van der Waals surface area contributed by atoms with Gasteiger partial charge >= 0.3 is 6.03 Å². The summed E-state index contributed by atoms with van der Waals surface area (Å²) in [4.78, 5) is 23.3. The van der Waals surface area contributed by atoms with Crippen LogP contribution in [0.15, 0.2) is 12.5 Å². The van der Waals surface area contributed by atoms with Gasteiger partial charge in [-0.2, -0.15) is 5.10 Å². The van der Waals surface area contributed by atoms with E-state index in [-0.39, 0.29) is 24.5 Å². The van der Waals surface area contributed by atoms with Crippen LogP contribution in [0.5, 0.6) is 0 Å². The molecule has 0 aromatic carbocycles. The predicted octanol–water partition coefficient (Wildman–Crippen LogP) is 3.43. The Bertz CT molecular complexity index is 763. The van der Waals surface area contributed by atoms with Crippen LogP contribution in [0.3, 0.4) is 0 Å². The molecule has 2 heterocycles. The Morgan fingerprint density at radius 1 is 1.21 bits per heavy atom. The van der Waals surface area contributed by atoms with E-state index in [0.717, 1.165) is 37.0 Å². The lowest BCUT2D eigenvalue weighted by molar-refractivity contribution is 0.167. The second-order valence-electron chi connectivity index (χ2n) is 7.83. The normalized spacial score (nSPS) is 14.8. The van der Waals surface area contributed by atoms with Crippen LogP contribution >= 0.6 is 12.4 Å². The number of hydrogen-bond acceptors (Lipinski definition) is 5. The molecule has 2 amide bonds. The van der Waals surface area contributed by atoms with E-state index in [4.69, 9.17) is 0 Å². The third kappa shape index (κ3) is 5.32. The fourth-order valence-corrected chi connectivity index (χ4v) is 3.88. The number of carbonyl (C=O) groups excluding carboxylic acids is 1. The van der Waals surface area contributed by atoms with Crippen molar-refractivity contribution in [3.8, 4) is 0 Å². The van der Waals surface area contributed by atoms with Gasteiger partial charge in [0, 0.05) is 24.7 Å². The molecular formula is C19H32ClN7O. The van der Waals surface area contributed by atoms with E-state index in [2.05, 4.69) is 58.3 Å². The Morgan fingerprint density at radius 2 is 1.89 bits per heavy atom. The Morgan fingerprint density at radius 3 is 2.54 bits per heavy atom. The van der Waals surface area contributed by atoms with E-state index >= 15 is 0 Å². The van der Waals surface area contributed by atoms with Gasteiger partial charge in [0.25, 0.3) is 0 Å². The van der Waals surface area contributed by atoms with Gasteiger partial charge in [-0.1, -0.05) is 12.8 Å². The Labute approximate surface area is 172 Å². The van der Waals surface area contributed by atoms with Gasteiger partial charge in [0.05, 0.1) is 18.1 Å². The molecule has 0 saturated heterocycles. The Kier molecular flexibility index (Phi) is 8.00. The van der Waals surface area contributed by atoms with Gasteiger partial charge in [-0.05, 0) is 40.5 Å². The van der Waals surface area contributed by atoms with E-state index in [9.17, 15) is 4.79 Å². The highest BCUT2D eigenvalue weighted by molar-refractivity contribution is 5.97. The Hall–Kier alpha value is -1.93. The third-order valence-electron chi connectivity index (χ3n) is 5.25. The number of anilines is 1. The van der Waals surface area contributed by atoms with Gasteiger partial charge in [0.2, 0.25) is 0 Å². The minimum Gasteiger partial charge on any atom is -0.335 e. The molecule has 156 valence electrons. The second kappa shape index (κ2) is 10.0. The maximum atomic E-state index is 12.3. The first kappa shape index (κ1) is 22.4. The summed E-state index contributed by atoms with van der Waals surface area (Å²) in [7, 11) is 0. The fraction of sp³-hybridized carbons (Fsp3) is 0.684. The molecule has 0 spiro atoms. The largest absolute Gasteiger partial charge is 0.335 e. The van der Waals surface area contributed by atoms with Crippen LogP contribution in [0.2, 0.25) is 0 Å². The monoisotopic (exact) mass is 409 g/mol. The predicted molar refractivity (Wildman–Crippen MR) is 114 cm³/mol. The molecule has 0 aliphatic heterocycles. The zero-order valence-electron chi connectivity index (χ0n) is 17.2. The summed E-state index contributed by atoms with van der Waals surface area (Å²) >= 11 is 0. The molecule has 0 radical (unpaired) electrons. The summed E-state index contributed by atoms with van der Waals surface area (Å²) in [6, 6.07) is 1.000. The minimum absolute atomic E-state index is 0. The number of nitrogens with one attached hydrogen (secondary N) is 2. The van der Waals surface area contributed by atoms with Crippen molar-refractivity contribution in [2.75, 3.05) is 11.9 Å². The molecule has 2 N–H and O–H groups in total. The van der Waals surface area contributed by atoms with Crippen molar-refractivity contribution >= 4 is 35.3 Å². The molecule has 8 nitrogen and oxygen atoms in total. The van der Waals surface area contributed by atoms with Crippen LogP contribution in [0.4, 0.5) is 10.6 Å². The van der Waals surface area contributed by atoms with Crippen molar-refractivity contribution in [1.82, 2.24) is 30.0 Å². The van der Waals surface area contributed by atoms with Gasteiger partial charge in [-0.15, -0.1) is 12.4 Å². The van der Waals surface area contributed by atoms with E-state index in [1.807, 2.05) is 4.68 Å². The lowest BCUT2D eigenvalue weighted by Crippen LogP contribution is -2.39. The van der Waals surface area contributed by atoms with E-state index < -0.39 is 0 Å². The molecule has 1 fully saturated rings. The van der Waals surface area contributed by atoms with Crippen molar-refractivity contribution in [3.63, 3.8) is 0 Å². The van der Waals surface area contributed by atoms with Crippen molar-refractivity contribution in [2.24, 2.45) is 0 Å². The van der Waals surface area contributed by atoms with E-state index in [1.54, 1.807) is 6.20 Å². The first-order valence-electron chi connectivity index (χ1n) is 9.95. The summed E-state index contributed by atoms with van der Waals surface area (Å²) in [5.41, 5.74) is 0.744. The lowest BCUT2D eigenvalue weighted by atomic mass is 10.2. The number of rotatable bonds is 7. The lowest BCUT2D eigenvalue weighted by Gasteiger charge is -2.30. The molecule has 1 aliphatic carbocycles. The molecule has 1 saturated carbocycles. The van der Waals surface area contributed by atoms with Crippen LogP contribution in [0.1, 0.15) is 53.4 Å². The maximum absolute atomic E-state index is 12.3. The highest BCUT2D eigenvalue weighted by atomic mass is 35.5. The topological polar surface area (TPSA) is 88.0 Å². The molecule has 9 heteroatoms. The van der Waals surface area contributed by atoms with Crippen LogP contribution in [-0.4, -0.2) is 55.3 Å². The molecule has 1 aliphatic rings. The van der Waals surface area contributed by atoms with Crippen molar-refractivity contribution in [1.29, 1.82) is 0 Å². The molecule has 2 aromatic rings. The summed E-state index contributed by atoms with van der Waals surface area (Å²) < 4.78 is 1.88. The van der Waals surface area contributed by atoms with Gasteiger partial charge in [0.15, 0.2) is 5.65 Å². The van der Waals surface area contributed by atoms with Crippen LogP contribution in [-0.2, 0) is 6.54 Å². The zero-order chi connectivity index (χ0) is 19.4. The maximum Gasteiger partial charge on any atom is 0.320 e. The second-order valence-corrected chi connectivity index (χ2v) is 7.83. The average molecular weight is 410 g/mol. The van der Waals surface area contributed by atoms with E-state index in [1.165, 1.54) is 19.2 Å². The minimum atomic E-state index is -0.208. The number of halogens is 1. The number of amides is 2. The van der Waals surface area contributed by atoms with Crippen molar-refractivity contribution < 1.29 is 4.79 Å². The van der Waals surface area contributed by atoms with Crippen molar-refractivity contribution in [3.05, 3.63) is 12.5 Å². The first-order chi connectivity index (χ1) is 13.0. The SMILES string of the molecule is CC(C)N(CCn1ncc2c(NC(=O)NC3CCCC3)ncnc21)C(C)C.Cl. The quantitative estimate of drug-likeness (QED) is 0.731. The number of hydrogen-bond donors (Lipinski definition) is 2. The molecule has 0 unspecified atom stereocenters. The van der Waals surface area contributed by atoms with Gasteiger partial charge in [0.1, 0.15) is 12.1 Å². The molecular weight excluding hydrogens is 378 g/mol. The Balaban J connectivity index is 0.00000280. The molecule has 0 atom stereocenters. The highest BCUT2D eigenvalue weighted by Gasteiger charge is 2.19.